The second-order valence-corrected chi connectivity index (χ2v) is 6.45. The number of pyridine rings is 1. The van der Waals surface area contributed by atoms with Crippen LogP contribution in [0.25, 0.3) is 0 Å². The third-order valence-electron chi connectivity index (χ3n) is 4.86. The third kappa shape index (κ3) is 3.07. The van der Waals surface area contributed by atoms with Gasteiger partial charge in [0.2, 0.25) is 0 Å². The first-order valence-electron chi connectivity index (χ1n) is 8.77. The Morgan fingerprint density at radius 3 is 3.00 bits per heavy atom. The van der Waals surface area contributed by atoms with E-state index in [4.69, 9.17) is 9.97 Å². The first kappa shape index (κ1) is 16.0. The van der Waals surface area contributed by atoms with Crippen molar-refractivity contribution in [3.63, 3.8) is 0 Å². The van der Waals surface area contributed by atoms with Crippen molar-refractivity contribution in [3.8, 4) is 0 Å². The summed E-state index contributed by atoms with van der Waals surface area (Å²) in [5.41, 5.74) is 2.54. The number of fused-ring (bicyclic) bond motifs is 1. The Bertz CT molecular complexity index is 773. The molecule has 4 rings (SSSR count). The van der Waals surface area contributed by atoms with Gasteiger partial charge >= 0.3 is 0 Å². The number of carbonyl (C=O) groups excluding carboxylic acids is 1. The van der Waals surface area contributed by atoms with Crippen LogP contribution in [-0.2, 0) is 13.0 Å². The van der Waals surface area contributed by atoms with E-state index in [1.54, 1.807) is 12.3 Å². The van der Waals surface area contributed by atoms with Gasteiger partial charge in [-0.2, -0.15) is 0 Å². The first-order chi connectivity index (χ1) is 12.3. The van der Waals surface area contributed by atoms with Gasteiger partial charge in [-0.3, -0.25) is 9.78 Å². The lowest BCUT2D eigenvalue weighted by molar-refractivity contribution is 0.0725. The largest absolute Gasteiger partial charge is 0.373 e. The monoisotopic (exact) mass is 338 g/mol. The standard InChI is InChI=1S/C18H22N6O/c1-19-16-12-7-10-24(18(25)14-5-2-3-8-21-14)11-15(12)22-17(23-16)13-6-4-9-20-13/h2-3,5,8,13,20H,4,6-7,9-11H2,1H3,(H,19,22,23). The predicted octanol–water partition coefficient (Wildman–Crippen LogP) is 1.54. The Morgan fingerprint density at radius 2 is 2.28 bits per heavy atom. The van der Waals surface area contributed by atoms with Gasteiger partial charge in [-0.15, -0.1) is 0 Å². The fourth-order valence-corrected chi connectivity index (χ4v) is 3.54. The van der Waals surface area contributed by atoms with Gasteiger partial charge in [-0.25, -0.2) is 9.97 Å². The summed E-state index contributed by atoms with van der Waals surface area (Å²) < 4.78 is 0. The van der Waals surface area contributed by atoms with Gasteiger partial charge < -0.3 is 15.5 Å². The van der Waals surface area contributed by atoms with E-state index in [1.165, 1.54) is 0 Å². The highest BCUT2D eigenvalue weighted by Crippen LogP contribution is 2.28. The summed E-state index contributed by atoms with van der Waals surface area (Å²) in [6.45, 7) is 2.16. The van der Waals surface area contributed by atoms with Crippen LogP contribution in [0.4, 0.5) is 5.82 Å². The molecule has 2 aromatic rings. The van der Waals surface area contributed by atoms with Crippen LogP contribution in [-0.4, -0.2) is 45.9 Å². The second-order valence-electron chi connectivity index (χ2n) is 6.45. The summed E-state index contributed by atoms with van der Waals surface area (Å²) in [5.74, 6) is 1.67. The molecule has 130 valence electrons. The summed E-state index contributed by atoms with van der Waals surface area (Å²) in [6, 6.07) is 5.61. The molecule has 2 aliphatic rings. The number of hydrogen-bond acceptors (Lipinski definition) is 6. The highest BCUT2D eigenvalue weighted by molar-refractivity contribution is 5.92. The van der Waals surface area contributed by atoms with Crippen molar-refractivity contribution in [2.75, 3.05) is 25.5 Å². The number of nitrogens with one attached hydrogen (secondary N) is 2. The maximum Gasteiger partial charge on any atom is 0.272 e. The van der Waals surface area contributed by atoms with Crippen molar-refractivity contribution >= 4 is 11.7 Å². The highest BCUT2D eigenvalue weighted by Gasteiger charge is 2.28. The van der Waals surface area contributed by atoms with E-state index in [0.717, 1.165) is 48.7 Å². The summed E-state index contributed by atoms with van der Waals surface area (Å²) in [6.07, 6.45) is 4.60. The van der Waals surface area contributed by atoms with E-state index in [0.29, 0.717) is 18.8 Å². The quantitative estimate of drug-likeness (QED) is 0.883. The average Bonchev–Trinajstić information content (AvgIpc) is 3.21. The van der Waals surface area contributed by atoms with Crippen LogP contribution < -0.4 is 10.6 Å². The van der Waals surface area contributed by atoms with Gasteiger partial charge in [0.1, 0.15) is 17.3 Å². The van der Waals surface area contributed by atoms with Gasteiger partial charge in [0.25, 0.3) is 5.91 Å². The van der Waals surface area contributed by atoms with E-state index in [9.17, 15) is 4.79 Å². The van der Waals surface area contributed by atoms with Crippen LogP contribution in [0.15, 0.2) is 24.4 Å². The molecule has 1 fully saturated rings. The Morgan fingerprint density at radius 1 is 1.36 bits per heavy atom. The molecule has 0 bridgehead atoms. The zero-order valence-electron chi connectivity index (χ0n) is 14.3. The maximum atomic E-state index is 12.7. The Balaban J connectivity index is 1.63. The second kappa shape index (κ2) is 6.76. The Labute approximate surface area is 146 Å². The van der Waals surface area contributed by atoms with Gasteiger partial charge in [0, 0.05) is 25.4 Å². The molecule has 4 heterocycles. The normalized spacial score (nSPS) is 19.6. The molecule has 0 saturated carbocycles. The Kier molecular flexibility index (Phi) is 4.31. The van der Waals surface area contributed by atoms with Crippen molar-refractivity contribution in [1.29, 1.82) is 0 Å². The van der Waals surface area contributed by atoms with Crippen molar-refractivity contribution in [3.05, 3.63) is 47.2 Å². The lowest BCUT2D eigenvalue weighted by Crippen LogP contribution is -2.37. The fourth-order valence-electron chi connectivity index (χ4n) is 3.54. The molecule has 1 unspecified atom stereocenters. The summed E-state index contributed by atoms with van der Waals surface area (Å²) in [4.78, 5) is 28.2. The maximum absolute atomic E-state index is 12.7. The molecule has 0 radical (unpaired) electrons. The summed E-state index contributed by atoms with van der Waals surface area (Å²) in [5, 5.41) is 6.65. The van der Waals surface area contributed by atoms with Crippen molar-refractivity contribution in [1.82, 2.24) is 25.2 Å². The molecule has 1 saturated heterocycles. The number of nitrogens with zero attached hydrogens (tertiary/aromatic N) is 4. The zero-order chi connectivity index (χ0) is 17.2. The molecule has 1 amide bonds. The summed E-state index contributed by atoms with van der Waals surface area (Å²) in [7, 11) is 1.89. The smallest absolute Gasteiger partial charge is 0.272 e. The van der Waals surface area contributed by atoms with Crippen molar-refractivity contribution in [2.24, 2.45) is 0 Å². The molecule has 25 heavy (non-hydrogen) atoms. The number of aromatic nitrogens is 3. The number of hydrogen-bond donors (Lipinski definition) is 2. The molecule has 1 atom stereocenters. The van der Waals surface area contributed by atoms with Crippen LogP contribution in [0, 0.1) is 0 Å². The van der Waals surface area contributed by atoms with Crippen LogP contribution >= 0.6 is 0 Å². The molecule has 7 heteroatoms. The molecule has 2 aromatic heterocycles. The molecule has 0 aliphatic carbocycles. The van der Waals surface area contributed by atoms with E-state index in [2.05, 4.69) is 15.6 Å². The minimum atomic E-state index is -0.0450. The third-order valence-corrected chi connectivity index (χ3v) is 4.86. The van der Waals surface area contributed by atoms with Gasteiger partial charge in [-0.05, 0) is 37.9 Å². The van der Waals surface area contributed by atoms with E-state index in [-0.39, 0.29) is 11.9 Å². The first-order valence-corrected chi connectivity index (χ1v) is 8.77. The zero-order valence-corrected chi connectivity index (χ0v) is 14.3. The topological polar surface area (TPSA) is 83.0 Å². The van der Waals surface area contributed by atoms with Gasteiger partial charge in [0.05, 0.1) is 18.3 Å². The minimum Gasteiger partial charge on any atom is -0.373 e. The van der Waals surface area contributed by atoms with Crippen LogP contribution in [0.3, 0.4) is 0 Å². The molecule has 7 nitrogen and oxygen atoms in total. The minimum absolute atomic E-state index is 0.0450. The number of rotatable bonds is 3. The molecular weight excluding hydrogens is 316 g/mol. The Hall–Kier alpha value is -2.54. The van der Waals surface area contributed by atoms with Gasteiger partial charge in [0.15, 0.2) is 0 Å². The van der Waals surface area contributed by atoms with E-state index in [1.807, 2.05) is 24.1 Å². The summed E-state index contributed by atoms with van der Waals surface area (Å²) >= 11 is 0. The van der Waals surface area contributed by atoms with Gasteiger partial charge in [-0.1, -0.05) is 6.07 Å². The van der Waals surface area contributed by atoms with Crippen LogP contribution in [0.2, 0.25) is 0 Å². The van der Waals surface area contributed by atoms with Crippen molar-refractivity contribution < 1.29 is 4.79 Å². The predicted molar refractivity (Wildman–Crippen MR) is 94.2 cm³/mol. The van der Waals surface area contributed by atoms with Crippen LogP contribution in [0.1, 0.15) is 46.5 Å². The number of carbonyl (C=O) groups is 1. The van der Waals surface area contributed by atoms with Crippen molar-refractivity contribution in [2.45, 2.75) is 31.8 Å². The van der Waals surface area contributed by atoms with E-state index >= 15 is 0 Å². The molecule has 2 N–H and O–H groups in total. The molecule has 2 aliphatic heterocycles. The lowest BCUT2D eigenvalue weighted by Gasteiger charge is -2.29. The molecule has 0 spiro atoms. The highest BCUT2D eigenvalue weighted by atomic mass is 16.2. The number of amides is 1. The fraction of sp³-hybridized carbons (Fsp3) is 0.444. The average molecular weight is 338 g/mol. The molecular formula is C18H22N6O. The van der Waals surface area contributed by atoms with E-state index < -0.39 is 0 Å². The number of anilines is 1. The lowest BCUT2D eigenvalue weighted by atomic mass is 10.0. The molecule has 0 aromatic carbocycles. The SMILES string of the molecule is CNc1nc(C2CCCN2)nc2c1CCN(C(=O)c1ccccn1)C2. The van der Waals surface area contributed by atoms with Crippen LogP contribution in [0.5, 0.6) is 0 Å².